The van der Waals surface area contributed by atoms with Crippen LogP contribution in [-0.4, -0.2) is 50.2 Å². The molecule has 0 fully saturated rings. The Morgan fingerprint density at radius 1 is 1.23 bits per heavy atom. The Hall–Kier alpha value is -1.76. The van der Waals surface area contributed by atoms with E-state index in [0.29, 0.717) is 42.0 Å². The number of methoxy groups -OCH3 is 2. The molecule has 11 heteroatoms. The standard InChI is InChI=1S/C19H23F3N4O2S.HI/c1-23-18(24-6-4-17-25-16(11-29-17)19(20,21)22)26-7-5-12-8-14(27-2)15(28-3)9-13(12)10-26;/h8-9,11H,4-7,10H2,1-3H3,(H,23,24);1H. The van der Waals surface area contributed by atoms with Crippen molar-refractivity contribution < 1.29 is 22.6 Å². The summed E-state index contributed by atoms with van der Waals surface area (Å²) in [7, 11) is 4.91. The third-order valence-electron chi connectivity index (χ3n) is 4.69. The minimum atomic E-state index is -4.40. The van der Waals surface area contributed by atoms with Crippen LogP contribution in [0.4, 0.5) is 13.2 Å². The van der Waals surface area contributed by atoms with E-state index in [1.165, 1.54) is 5.56 Å². The van der Waals surface area contributed by atoms with Crippen LogP contribution in [0.1, 0.15) is 21.8 Å². The third-order valence-corrected chi connectivity index (χ3v) is 5.60. The maximum atomic E-state index is 12.7. The summed E-state index contributed by atoms with van der Waals surface area (Å²) in [6.07, 6.45) is -3.17. The predicted molar refractivity (Wildman–Crippen MR) is 121 cm³/mol. The van der Waals surface area contributed by atoms with Gasteiger partial charge in [0.05, 0.1) is 19.2 Å². The molecular formula is C19H24F3IN4O2S. The Bertz CT molecular complexity index is 889. The van der Waals surface area contributed by atoms with Crippen LogP contribution in [-0.2, 0) is 25.6 Å². The van der Waals surface area contributed by atoms with E-state index >= 15 is 0 Å². The van der Waals surface area contributed by atoms with Crippen LogP contribution in [0.2, 0.25) is 0 Å². The number of nitrogens with zero attached hydrogens (tertiary/aromatic N) is 3. The lowest BCUT2D eigenvalue weighted by molar-refractivity contribution is -0.140. The highest BCUT2D eigenvalue weighted by atomic mass is 127. The average molecular weight is 556 g/mol. The van der Waals surface area contributed by atoms with E-state index in [1.54, 1.807) is 21.3 Å². The van der Waals surface area contributed by atoms with Crippen LogP contribution in [0.3, 0.4) is 0 Å². The molecule has 2 heterocycles. The number of ether oxygens (including phenoxy) is 2. The van der Waals surface area contributed by atoms with E-state index in [1.807, 2.05) is 12.1 Å². The monoisotopic (exact) mass is 556 g/mol. The quantitative estimate of drug-likeness (QED) is 0.343. The van der Waals surface area contributed by atoms with E-state index in [-0.39, 0.29) is 24.0 Å². The van der Waals surface area contributed by atoms with Gasteiger partial charge in [0.15, 0.2) is 23.2 Å². The van der Waals surface area contributed by atoms with E-state index in [2.05, 4.69) is 20.2 Å². The number of hydrogen-bond donors (Lipinski definition) is 1. The molecule has 0 unspecified atom stereocenters. The van der Waals surface area contributed by atoms with Crippen molar-refractivity contribution in [1.82, 2.24) is 15.2 Å². The van der Waals surface area contributed by atoms with Crippen molar-refractivity contribution >= 4 is 41.3 Å². The first-order valence-corrected chi connectivity index (χ1v) is 9.94. The maximum absolute atomic E-state index is 12.7. The Balaban J connectivity index is 0.00000320. The zero-order valence-corrected chi connectivity index (χ0v) is 20.0. The number of nitrogens with one attached hydrogen (secondary N) is 1. The van der Waals surface area contributed by atoms with Gasteiger partial charge in [-0.25, -0.2) is 4.98 Å². The molecule has 0 radical (unpaired) electrons. The summed E-state index contributed by atoms with van der Waals surface area (Å²) >= 11 is 1.02. The lowest BCUT2D eigenvalue weighted by Crippen LogP contribution is -2.44. The number of thiazole rings is 1. The Morgan fingerprint density at radius 2 is 1.90 bits per heavy atom. The van der Waals surface area contributed by atoms with Gasteiger partial charge in [-0.1, -0.05) is 0 Å². The number of guanidine groups is 1. The van der Waals surface area contributed by atoms with E-state index in [0.717, 1.165) is 35.2 Å². The van der Waals surface area contributed by atoms with Gasteiger partial charge < -0.3 is 19.7 Å². The molecule has 1 aromatic heterocycles. The molecular weight excluding hydrogens is 532 g/mol. The minimum Gasteiger partial charge on any atom is -0.493 e. The largest absolute Gasteiger partial charge is 0.493 e. The fraction of sp³-hybridized carbons (Fsp3) is 0.474. The average Bonchev–Trinajstić information content (AvgIpc) is 3.19. The smallest absolute Gasteiger partial charge is 0.434 e. The SMILES string of the molecule is CN=C(NCCc1nc(C(F)(F)F)cs1)N1CCc2cc(OC)c(OC)cc2C1.I. The second-order valence-electron chi connectivity index (χ2n) is 6.50. The number of hydrogen-bond acceptors (Lipinski definition) is 5. The Morgan fingerprint density at radius 3 is 2.47 bits per heavy atom. The summed E-state index contributed by atoms with van der Waals surface area (Å²) in [5.41, 5.74) is 1.50. The van der Waals surface area contributed by atoms with Gasteiger partial charge >= 0.3 is 6.18 Å². The van der Waals surface area contributed by atoms with Crippen LogP contribution >= 0.6 is 35.3 Å². The third kappa shape index (κ3) is 5.68. The van der Waals surface area contributed by atoms with Crippen molar-refractivity contribution in [3.63, 3.8) is 0 Å². The fourth-order valence-electron chi connectivity index (χ4n) is 3.23. The molecule has 0 atom stereocenters. The van der Waals surface area contributed by atoms with Crippen LogP contribution < -0.4 is 14.8 Å². The van der Waals surface area contributed by atoms with E-state index in [4.69, 9.17) is 9.47 Å². The first-order valence-electron chi connectivity index (χ1n) is 9.06. The Labute approximate surface area is 194 Å². The second kappa shape index (κ2) is 10.5. The Kier molecular flexibility index (Phi) is 8.59. The highest BCUT2D eigenvalue weighted by Gasteiger charge is 2.33. The number of aliphatic imine (C=N–C) groups is 1. The summed E-state index contributed by atoms with van der Waals surface area (Å²) in [6.45, 7) is 1.88. The van der Waals surface area contributed by atoms with E-state index in [9.17, 15) is 13.2 Å². The molecule has 1 aliphatic heterocycles. The number of rotatable bonds is 5. The number of halogens is 4. The van der Waals surface area contributed by atoms with E-state index < -0.39 is 11.9 Å². The van der Waals surface area contributed by atoms with Gasteiger partial charge in [-0.2, -0.15) is 13.2 Å². The van der Waals surface area contributed by atoms with Gasteiger partial charge in [0.2, 0.25) is 0 Å². The predicted octanol–water partition coefficient (Wildman–Crippen LogP) is 3.97. The van der Waals surface area contributed by atoms with Gasteiger partial charge in [-0.15, -0.1) is 35.3 Å². The summed E-state index contributed by atoms with van der Waals surface area (Å²) in [6, 6.07) is 3.98. The first-order chi connectivity index (χ1) is 13.9. The van der Waals surface area contributed by atoms with Crippen LogP contribution in [0, 0.1) is 0 Å². The molecule has 0 saturated carbocycles. The van der Waals surface area contributed by atoms with Crippen molar-refractivity contribution in [3.8, 4) is 11.5 Å². The molecule has 30 heavy (non-hydrogen) atoms. The number of benzene rings is 1. The molecule has 2 aromatic rings. The minimum absolute atomic E-state index is 0. The lowest BCUT2D eigenvalue weighted by Gasteiger charge is -2.32. The molecule has 3 rings (SSSR count). The van der Waals surface area contributed by atoms with Gasteiger partial charge in [0.25, 0.3) is 0 Å². The number of fused-ring (bicyclic) bond motifs is 1. The van der Waals surface area contributed by atoms with Gasteiger partial charge in [-0.05, 0) is 29.7 Å². The van der Waals surface area contributed by atoms with Crippen molar-refractivity contribution in [2.75, 3.05) is 34.4 Å². The maximum Gasteiger partial charge on any atom is 0.434 e. The van der Waals surface area contributed by atoms with Crippen molar-refractivity contribution in [1.29, 1.82) is 0 Å². The van der Waals surface area contributed by atoms with Gasteiger partial charge in [-0.3, -0.25) is 4.99 Å². The summed E-state index contributed by atoms with van der Waals surface area (Å²) in [5.74, 6) is 2.10. The summed E-state index contributed by atoms with van der Waals surface area (Å²) in [5, 5.41) is 4.72. The molecule has 1 aliphatic rings. The molecule has 0 spiro atoms. The molecule has 0 saturated heterocycles. The van der Waals surface area contributed by atoms with Crippen molar-refractivity contribution in [2.24, 2.45) is 4.99 Å². The zero-order chi connectivity index (χ0) is 21.0. The first kappa shape index (κ1) is 24.5. The fourth-order valence-corrected chi connectivity index (χ4v) is 4.04. The molecule has 0 amide bonds. The van der Waals surface area contributed by atoms with Crippen LogP contribution in [0.5, 0.6) is 11.5 Å². The van der Waals surface area contributed by atoms with Crippen LogP contribution in [0.25, 0.3) is 0 Å². The summed E-state index contributed by atoms with van der Waals surface area (Å²) < 4.78 is 48.7. The molecule has 6 nitrogen and oxygen atoms in total. The second-order valence-corrected chi connectivity index (χ2v) is 7.44. The highest BCUT2D eigenvalue weighted by molar-refractivity contribution is 14.0. The zero-order valence-electron chi connectivity index (χ0n) is 16.9. The van der Waals surface area contributed by atoms with Gasteiger partial charge in [0.1, 0.15) is 0 Å². The molecule has 0 aliphatic carbocycles. The number of alkyl halides is 3. The number of aromatic nitrogens is 1. The molecule has 0 bridgehead atoms. The van der Waals surface area contributed by atoms with Crippen molar-refractivity contribution in [2.45, 2.75) is 25.6 Å². The molecule has 1 aromatic carbocycles. The summed E-state index contributed by atoms with van der Waals surface area (Å²) in [4.78, 5) is 10.1. The molecule has 1 N–H and O–H groups in total. The molecule has 166 valence electrons. The highest BCUT2D eigenvalue weighted by Crippen LogP contribution is 2.33. The van der Waals surface area contributed by atoms with Crippen molar-refractivity contribution in [3.05, 3.63) is 39.3 Å². The van der Waals surface area contributed by atoms with Crippen LogP contribution in [0.15, 0.2) is 22.5 Å². The van der Waals surface area contributed by atoms with Gasteiger partial charge in [0, 0.05) is 38.5 Å². The topological polar surface area (TPSA) is 59.0 Å². The normalized spacial score (nSPS) is 14.1. The lowest BCUT2D eigenvalue weighted by atomic mass is 9.99.